The summed E-state index contributed by atoms with van der Waals surface area (Å²) in [6.07, 6.45) is 48.7. The summed E-state index contributed by atoms with van der Waals surface area (Å²) >= 11 is 0. The Bertz CT molecular complexity index is 1370. The van der Waals surface area contributed by atoms with Crippen molar-refractivity contribution < 1.29 is 56.2 Å². The molecule has 398 valence electrons. The molecule has 1 heterocycles. The van der Waals surface area contributed by atoms with Gasteiger partial charge in [-0.3, -0.25) is 9.35 Å². The average molecular weight is 985 g/mol. The smallest absolute Gasteiger partial charge is 0.397 e. The van der Waals surface area contributed by atoms with Crippen LogP contribution in [0.15, 0.2) is 48.6 Å². The van der Waals surface area contributed by atoms with Gasteiger partial charge in [0, 0.05) is 13.0 Å². The lowest BCUT2D eigenvalue weighted by Gasteiger charge is -2.41. The fourth-order valence-corrected chi connectivity index (χ4v) is 8.84. The first-order valence-electron chi connectivity index (χ1n) is 27.4. The standard InChI is InChI=1S/C55H100O12S/c1-3-5-7-9-11-13-15-17-19-21-22-23-24-25-26-27-28-29-30-32-34-36-38-40-42-44-51(57)65-49(48-64-55-53(59)54(67-68(60,61)62)52(58)50(46-56)66-55)47-63-45-43-41-39-37-35-33-31-20-18-16-14-12-10-8-6-4-2/h6,8,12,14,18,20-22,49-50,52-56,58-59H,3-5,7,9-11,13,15-17,19,23-48H2,1-2H3,(H,60,61,62)/b8-6-,14-12-,20-18-,22-21-. The number of carbonyl (C=O) groups is 1. The van der Waals surface area contributed by atoms with Gasteiger partial charge in [-0.05, 0) is 70.6 Å². The molecule has 1 aliphatic rings. The summed E-state index contributed by atoms with van der Waals surface area (Å²) in [5, 5.41) is 30.8. The third kappa shape index (κ3) is 38.8. The van der Waals surface area contributed by atoms with Gasteiger partial charge in [-0.25, -0.2) is 4.18 Å². The zero-order valence-corrected chi connectivity index (χ0v) is 43.7. The SMILES string of the molecule is CC/C=C\C/C=C\C/C=C\CCCCCCCCOCC(COC1OC(CO)C(O)C(OS(=O)(=O)O)C1O)OC(=O)CCCCCCCCCCCCCCC/C=C\CCCCCCCCCC. The van der Waals surface area contributed by atoms with Crippen molar-refractivity contribution in [1.82, 2.24) is 0 Å². The summed E-state index contributed by atoms with van der Waals surface area (Å²) in [5.74, 6) is -0.403. The molecule has 6 atom stereocenters. The second-order valence-corrected chi connectivity index (χ2v) is 19.8. The van der Waals surface area contributed by atoms with Crippen LogP contribution in [0.5, 0.6) is 0 Å². The normalized spacial score (nSPS) is 19.6. The van der Waals surface area contributed by atoms with Crippen LogP contribution in [0.2, 0.25) is 0 Å². The molecule has 1 fully saturated rings. The maximum atomic E-state index is 12.9. The summed E-state index contributed by atoms with van der Waals surface area (Å²) in [6, 6.07) is 0. The highest BCUT2D eigenvalue weighted by Gasteiger charge is 2.48. The second kappa shape index (κ2) is 46.2. The highest BCUT2D eigenvalue weighted by molar-refractivity contribution is 7.80. The minimum absolute atomic E-state index is 0.0274. The fourth-order valence-electron chi connectivity index (χ4n) is 8.33. The van der Waals surface area contributed by atoms with Gasteiger partial charge in [0.05, 0.1) is 19.8 Å². The molecule has 0 aromatic heterocycles. The molecular formula is C55H100O12S. The number of ether oxygens (including phenoxy) is 4. The van der Waals surface area contributed by atoms with E-state index in [9.17, 15) is 33.1 Å². The van der Waals surface area contributed by atoms with Crippen LogP contribution < -0.4 is 0 Å². The Balaban J connectivity index is 2.30. The number of unbranched alkanes of at least 4 members (excludes halogenated alkanes) is 27. The van der Waals surface area contributed by atoms with Gasteiger partial charge in [0.25, 0.3) is 0 Å². The second-order valence-electron chi connectivity index (χ2n) is 18.8. The van der Waals surface area contributed by atoms with E-state index in [2.05, 4.69) is 66.6 Å². The van der Waals surface area contributed by atoms with Gasteiger partial charge >= 0.3 is 16.4 Å². The number of rotatable bonds is 48. The summed E-state index contributed by atoms with van der Waals surface area (Å²) in [4.78, 5) is 12.9. The van der Waals surface area contributed by atoms with E-state index in [0.717, 1.165) is 70.6 Å². The Morgan fingerprint density at radius 3 is 1.50 bits per heavy atom. The van der Waals surface area contributed by atoms with Gasteiger partial charge in [0.2, 0.25) is 0 Å². The van der Waals surface area contributed by atoms with E-state index < -0.39 is 59.8 Å². The van der Waals surface area contributed by atoms with Crippen molar-refractivity contribution in [3.63, 3.8) is 0 Å². The molecule has 6 unspecified atom stereocenters. The van der Waals surface area contributed by atoms with Gasteiger partial charge in [-0.1, -0.05) is 204 Å². The molecule has 1 aliphatic heterocycles. The van der Waals surface area contributed by atoms with E-state index in [-0.39, 0.29) is 19.6 Å². The van der Waals surface area contributed by atoms with Crippen LogP contribution in [0.3, 0.4) is 0 Å². The summed E-state index contributed by atoms with van der Waals surface area (Å²) in [5.41, 5.74) is 0. The van der Waals surface area contributed by atoms with Crippen molar-refractivity contribution in [2.75, 3.05) is 26.4 Å². The number of hydrogen-bond acceptors (Lipinski definition) is 11. The summed E-state index contributed by atoms with van der Waals surface area (Å²) in [7, 11) is -5.07. The zero-order chi connectivity index (χ0) is 49.6. The molecule has 0 amide bonds. The van der Waals surface area contributed by atoms with Crippen molar-refractivity contribution >= 4 is 16.4 Å². The molecule has 68 heavy (non-hydrogen) atoms. The maximum Gasteiger partial charge on any atom is 0.397 e. The van der Waals surface area contributed by atoms with Gasteiger partial charge in [0.1, 0.15) is 30.5 Å². The fraction of sp³-hybridized carbons (Fsp3) is 0.836. The monoisotopic (exact) mass is 985 g/mol. The Hall–Kier alpha value is -1.94. The van der Waals surface area contributed by atoms with Crippen molar-refractivity contribution in [3.05, 3.63) is 48.6 Å². The number of aliphatic hydroxyl groups is 3. The number of allylic oxidation sites excluding steroid dienone is 8. The van der Waals surface area contributed by atoms with Crippen LogP contribution in [-0.2, 0) is 38.3 Å². The number of carbonyl (C=O) groups excluding carboxylic acids is 1. The van der Waals surface area contributed by atoms with Gasteiger partial charge < -0.3 is 34.3 Å². The Kier molecular flexibility index (Phi) is 43.5. The Morgan fingerprint density at radius 2 is 1.01 bits per heavy atom. The van der Waals surface area contributed by atoms with Crippen molar-refractivity contribution in [2.24, 2.45) is 0 Å². The van der Waals surface area contributed by atoms with Crippen molar-refractivity contribution in [1.29, 1.82) is 0 Å². The molecule has 1 rings (SSSR count). The van der Waals surface area contributed by atoms with Crippen molar-refractivity contribution in [2.45, 2.75) is 269 Å². The van der Waals surface area contributed by atoms with Crippen LogP contribution in [-0.4, -0.2) is 97.5 Å². The van der Waals surface area contributed by atoms with Gasteiger partial charge in [-0.2, -0.15) is 8.42 Å². The number of esters is 1. The van der Waals surface area contributed by atoms with E-state index in [0.29, 0.717) is 13.0 Å². The molecule has 13 heteroatoms. The lowest BCUT2D eigenvalue weighted by Crippen LogP contribution is -2.60. The highest BCUT2D eigenvalue weighted by atomic mass is 32.3. The Labute approximate surface area is 415 Å². The number of hydrogen-bond donors (Lipinski definition) is 4. The molecule has 4 N–H and O–H groups in total. The lowest BCUT2D eigenvalue weighted by atomic mass is 9.99. The number of aliphatic hydroxyl groups excluding tert-OH is 3. The van der Waals surface area contributed by atoms with Crippen LogP contribution >= 0.6 is 0 Å². The molecule has 0 bridgehead atoms. The molecule has 1 saturated heterocycles. The van der Waals surface area contributed by atoms with Crippen LogP contribution in [0.25, 0.3) is 0 Å². The molecular weight excluding hydrogens is 885 g/mol. The van der Waals surface area contributed by atoms with E-state index in [4.69, 9.17) is 18.9 Å². The molecule has 0 radical (unpaired) electrons. The molecule has 0 saturated carbocycles. The largest absolute Gasteiger partial charge is 0.457 e. The first-order valence-corrected chi connectivity index (χ1v) is 28.8. The van der Waals surface area contributed by atoms with E-state index in [1.54, 1.807) is 0 Å². The summed E-state index contributed by atoms with van der Waals surface area (Å²) < 4.78 is 59.3. The predicted octanol–water partition coefficient (Wildman–Crippen LogP) is 13.1. The average Bonchev–Trinajstić information content (AvgIpc) is 3.31. The predicted molar refractivity (Wildman–Crippen MR) is 276 cm³/mol. The maximum absolute atomic E-state index is 12.9. The molecule has 0 aliphatic carbocycles. The quantitative estimate of drug-likeness (QED) is 0.0197. The minimum Gasteiger partial charge on any atom is -0.457 e. The molecule has 0 aromatic carbocycles. The van der Waals surface area contributed by atoms with Gasteiger partial charge in [0.15, 0.2) is 6.29 Å². The van der Waals surface area contributed by atoms with Crippen LogP contribution in [0.4, 0.5) is 0 Å². The lowest BCUT2D eigenvalue weighted by molar-refractivity contribution is -0.301. The highest BCUT2D eigenvalue weighted by Crippen LogP contribution is 2.26. The Morgan fingerprint density at radius 1 is 0.574 bits per heavy atom. The molecule has 0 aromatic rings. The van der Waals surface area contributed by atoms with Crippen LogP contribution in [0.1, 0.15) is 232 Å². The first kappa shape index (κ1) is 64.1. The minimum atomic E-state index is -5.07. The van der Waals surface area contributed by atoms with Crippen LogP contribution in [0, 0.1) is 0 Å². The topological polar surface area (TPSA) is 178 Å². The van der Waals surface area contributed by atoms with E-state index in [1.807, 2.05) is 0 Å². The molecule has 0 spiro atoms. The zero-order valence-electron chi connectivity index (χ0n) is 42.9. The van der Waals surface area contributed by atoms with Crippen molar-refractivity contribution in [3.8, 4) is 0 Å². The van der Waals surface area contributed by atoms with Gasteiger partial charge in [-0.15, -0.1) is 0 Å². The third-order valence-corrected chi connectivity index (χ3v) is 12.9. The van der Waals surface area contributed by atoms with E-state index in [1.165, 1.54) is 135 Å². The third-order valence-electron chi connectivity index (χ3n) is 12.4. The van der Waals surface area contributed by atoms with E-state index >= 15 is 0 Å². The first-order chi connectivity index (χ1) is 33.1. The summed E-state index contributed by atoms with van der Waals surface area (Å²) in [6.45, 7) is 3.88. The molecule has 12 nitrogen and oxygen atoms in total.